The Morgan fingerprint density at radius 3 is 2.50 bits per heavy atom. The van der Waals surface area contributed by atoms with Gasteiger partial charge in [0.25, 0.3) is 6.43 Å². The number of primary amides is 1. The van der Waals surface area contributed by atoms with Gasteiger partial charge in [-0.25, -0.2) is 8.78 Å². The van der Waals surface area contributed by atoms with Gasteiger partial charge in [0.05, 0.1) is 12.7 Å². The molecule has 0 bridgehead atoms. The number of amides is 1. The molecule has 0 radical (unpaired) electrons. The van der Waals surface area contributed by atoms with Crippen LogP contribution in [-0.2, 0) is 4.79 Å². The van der Waals surface area contributed by atoms with E-state index < -0.39 is 12.3 Å². The van der Waals surface area contributed by atoms with Crippen molar-refractivity contribution in [3.8, 4) is 5.75 Å². The standard InChI is InChI=1S/C11H11F2NO2.C2H4/c1-16-9-4-2-7(3-5-10(14)15)6-8(9)11(12)13;1-2/h2-6,11H,1H3,(H2,14,15);1-2H2/b5-3+;. The van der Waals surface area contributed by atoms with Crippen molar-refractivity contribution in [3.05, 3.63) is 48.6 Å². The average molecular weight is 255 g/mol. The lowest BCUT2D eigenvalue weighted by Crippen LogP contribution is -2.05. The third-order valence-electron chi connectivity index (χ3n) is 1.93. The second-order valence-corrected chi connectivity index (χ2v) is 3.04. The number of alkyl halides is 2. The van der Waals surface area contributed by atoms with Gasteiger partial charge < -0.3 is 10.5 Å². The SMILES string of the molecule is C=C.COc1ccc(/C=C/C(N)=O)cc1C(F)F. The van der Waals surface area contributed by atoms with Gasteiger partial charge in [0.2, 0.25) is 5.91 Å². The monoisotopic (exact) mass is 255 g/mol. The van der Waals surface area contributed by atoms with E-state index in [1.807, 2.05) is 0 Å². The largest absolute Gasteiger partial charge is 0.496 e. The van der Waals surface area contributed by atoms with Gasteiger partial charge in [-0.1, -0.05) is 6.07 Å². The number of ether oxygens (including phenoxy) is 1. The molecule has 2 N–H and O–H groups in total. The molecule has 0 fully saturated rings. The van der Waals surface area contributed by atoms with Crippen LogP contribution in [0.25, 0.3) is 6.08 Å². The Kier molecular flexibility index (Phi) is 7.04. The van der Waals surface area contributed by atoms with Crippen molar-refractivity contribution in [2.24, 2.45) is 5.73 Å². The van der Waals surface area contributed by atoms with Gasteiger partial charge in [-0.05, 0) is 23.8 Å². The molecular formula is C13H15F2NO2. The Hall–Kier alpha value is -2.17. The third-order valence-corrected chi connectivity index (χ3v) is 1.93. The molecule has 0 aliphatic carbocycles. The zero-order valence-electron chi connectivity index (χ0n) is 10.0. The lowest BCUT2D eigenvalue weighted by molar-refractivity contribution is -0.113. The second kappa shape index (κ2) is 8.00. The van der Waals surface area contributed by atoms with Crippen molar-refractivity contribution < 1.29 is 18.3 Å². The first-order chi connectivity index (χ1) is 8.54. The molecule has 0 unspecified atom stereocenters. The highest BCUT2D eigenvalue weighted by molar-refractivity contribution is 5.90. The number of benzene rings is 1. The van der Waals surface area contributed by atoms with Crippen LogP contribution in [0, 0.1) is 0 Å². The minimum Gasteiger partial charge on any atom is -0.496 e. The van der Waals surface area contributed by atoms with Gasteiger partial charge in [-0.3, -0.25) is 4.79 Å². The van der Waals surface area contributed by atoms with Crippen LogP contribution in [0.1, 0.15) is 17.6 Å². The topological polar surface area (TPSA) is 52.3 Å². The van der Waals surface area contributed by atoms with Crippen LogP contribution in [0.15, 0.2) is 37.4 Å². The summed E-state index contributed by atoms with van der Waals surface area (Å²) in [5, 5.41) is 0. The molecule has 0 saturated carbocycles. The summed E-state index contributed by atoms with van der Waals surface area (Å²) in [6.07, 6.45) is -0.151. The first-order valence-corrected chi connectivity index (χ1v) is 4.98. The van der Waals surface area contributed by atoms with Crippen LogP contribution in [0.3, 0.4) is 0 Å². The predicted molar refractivity (Wildman–Crippen MR) is 67.4 cm³/mol. The molecule has 1 rings (SSSR count). The van der Waals surface area contributed by atoms with Crippen molar-refractivity contribution in [2.45, 2.75) is 6.43 Å². The molecule has 0 saturated heterocycles. The minimum absolute atomic E-state index is 0.117. The number of rotatable bonds is 4. The maximum atomic E-state index is 12.6. The molecule has 1 amide bonds. The fourth-order valence-corrected chi connectivity index (χ4v) is 1.21. The fraction of sp³-hybridized carbons (Fsp3) is 0.154. The molecule has 0 aliphatic rings. The highest BCUT2D eigenvalue weighted by atomic mass is 19.3. The number of carbonyl (C=O) groups is 1. The van der Waals surface area contributed by atoms with Crippen LogP contribution in [0.5, 0.6) is 5.75 Å². The zero-order valence-corrected chi connectivity index (χ0v) is 10.0. The third kappa shape index (κ3) is 4.78. The smallest absolute Gasteiger partial charge is 0.267 e. The van der Waals surface area contributed by atoms with Crippen LogP contribution in [0.4, 0.5) is 8.78 Å². The number of hydrogen-bond donors (Lipinski definition) is 1. The van der Waals surface area contributed by atoms with E-state index in [0.29, 0.717) is 5.56 Å². The highest BCUT2D eigenvalue weighted by Crippen LogP contribution is 2.29. The maximum Gasteiger partial charge on any atom is 0.267 e. The van der Waals surface area contributed by atoms with Crippen molar-refractivity contribution >= 4 is 12.0 Å². The van der Waals surface area contributed by atoms with E-state index in [4.69, 9.17) is 10.5 Å². The Morgan fingerprint density at radius 2 is 2.06 bits per heavy atom. The first kappa shape index (κ1) is 15.8. The van der Waals surface area contributed by atoms with Crippen LogP contribution in [0.2, 0.25) is 0 Å². The van der Waals surface area contributed by atoms with Crippen LogP contribution in [-0.4, -0.2) is 13.0 Å². The molecule has 0 atom stereocenters. The molecule has 0 aromatic heterocycles. The predicted octanol–water partition coefficient (Wildman–Crippen LogP) is 2.93. The summed E-state index contributed by atoms with van der Waals surface area (Å²) in [6, 6.07) is 4.23. The van der Waals surface area contributed by atoms with E-state index in [2.05, 4.69) is 13.2 Å². The Morgan fingerprint density at radius 1 is 1.44 bits per heavy atom. The summed E-state index contributed by atoms with van der Waals surface area (Å²) in [5.74, 6) is -0.513. The molecule has 18 heavy (non-hydrogen) atoms. The first-order valence-electron chi connectivity index (χ1n) is 4.98. The average Bonchev–Trinajstić information content (AvgIpc) is 2.38. The van der Waals surface area contributed by atoms with Crippen molar-refractivity contribution in [1.29, 1.82) is 0 Å². The number of carbonyl (C=O) groups excluding carboxylic acids is 1. The van der Waals surface area contributed by atoms with E-state index in [9.17, 15) is 13.6 Å². The van der Waals surface area contributed by atoms with Gasteiger partial charge in [0.15, 0.2) is 0 Å². The molecule has 1 aromatic rings. The van der Waals surface area contributed by atoms with Crippen molar-refractivity contribution in [2.75, 3.05) is 7.11 Å². The van der Waals surface area contributed by atoms with Gasteiger partial charge >= 0.3 is 0 Å². The van der Waals surface area contributed by atoms with Gasteiger partial charge in [0, 0.05) is 6.08 Å². The number of nitrogens with two attached hydrogens (primary N) is 1. The summed E-state index contributed by atoms with van der Waals surface area (Å²) in [5.41, 5.74) is 5.15. The van der Waals surface area contributed by atoms with E-state index >= 15 is 0 Å². The summed E-state index contributed by atoms with van der Waals surface area (Å²) >= 11 is 0. The Balaban J connectivity index is 0.00000137. The number of halogens is 2. The Bertz CT molecular complexity index is 431. The lowest BCUT2D eigenvalue weighted by Gasteiger charge is -2.08. The molecule has 98 valence electrons. The van der Waals surface area contributed by atoms with E-state index in [1.54, 1.807) is 6.07 Å². The molecule has 0 spiro atoms. The minimum atomic E-state index is -2.63. The zero-order chi connectivity index (χ0) is 14.1. The lowest BCUT2D eigenvalue weighted by atomic mass is 10.1. The second-order valence-electron chi connectivity index (χ2n) is 3.04. The quantitative estimate of drug-likeness (QED) is 0.664. The molecule has 1 aromatic carbocycles. The Labute approximate surface area is 105 Å². The van der Waals surface area contributed by atoms with Crippen LogP contribution < -0.4 is 10.5 Å². The van der Waals surface area contributed by atoms with Gasteiger partial charge in [-0.15, -0.1) is 13.2 Å². The molecule has 0 aliphatic heterocycles. The summed E-state index contributed by atoms with van der Waals surface area (Å²) in [6.45, 7) is 6.00. The molecule has 3 nitrogen and oxygen atoms in total. The maximum absolute atomic E-state index is 12.6. The normalized spacial score (nSPS) is 10.0. The summed E-state index contributed by atoms with van der Waals surface area (Å²) in [4.78, 5) is 10.5. The van der Waals surface area contributed by atoms with E-state index in [-0.39, 0.29) is 11.3 Å². The van der Waals surface area contributed by atoms with Gasteiger partial charge in [-0.2, -0.15) is 0 Å². The molecular weight excluding hydrogens is 240 g/mol. The number of methoxy groups -OCH3 is 1. The summed E-state index contributed by atoms with van der Waals surface area (Å²) in [7, 11) is 1.32. The summed E-state index contributed by atoms with van der Waals surface area (Å²) < 4.78 is 30.0. The molecule has 0 heterocycles. The van der Waals surface area contributed by atoms with Crippen molar-refractivity contribution in [1.82, 2.24) is 0 Å². The van der Waals surface area contributed by atoms with Crippen molar-refractivity contribution in [3.63, 3.8) is 0 Å². The van der Waals surface area contributed by atoms with E-state index in [0.717, 1.165) is 6.08 Å². The van der Waals surface area contributed by atoms with Crippen LogP contribution >= 0.6 is 0 Å². The molecule has 5 heteroatoms. The fourth-order valence-electron chi connectivity index (χ4n) is 1.21. The number of hydrogen-bond acceptors (Lipinski definition) is 2. The van der Waals surface area contributed by atoms with E-state index in [1.165, 1.54) is 25.3 Å². The highest BCUT2D eigenvalue weighted by Gasteiger charge is 2.13. The van der Waals surface area contributed by atoms with Gasteiger partial charge in [0.1, 0.15) is 5.75 Å².